The second-order valence-corrected chi connectivity index (χ2v) is 7.33. The van der Waals surface area contributed by atoms with Gasteiger partial charge in [0.05, 0.1) is 12.9 Å². The summed E-state index contributed by atoms with van der Waals surface area (Å²) in [5, 5.41) is 0. The van der Waals surface area contributed by atoms with Crippen LogP contribution in [-0.2, 0) is 14.2 Å². The van der Waals surface area contributed by atoms with E-state index in [1.807, 2.05) is 13.0 Å². The molecule has 0 fully saturated rings. The molecule has 0 rings (SSSR count). The molecule has 0 amide bonds. The van der Waals surface area contributed by atoms with Gasteiger partial charge < -0.3 is 14.2 Å². The number of unbranched alkanes of at least 4 members (excludes halogenated alkanes) is 5. The summed E-state index contributed by atoms with van der Waals surface area (Å²) in [6.07, 6.45) is 14.8. The largest absolute Gasteiger partial charge is 0.502 e. The van der Waals surface area contributed by atoms with Crippen molar-refractivity contribution in [3.63, 3.8) is 0 Å². The Morgan fingerprint density at radius 3 is 1.88 bits per heavy atom. The summed E-state index contributed by atoms with van der Waals surface area (Å²) in [6, 6.07) is 0. The minimum Gasteiger partial charge on any atom is -0.502 e. The first-order chi connectivity index (χ1) is 12.0. The number of hydrogen-bond donors (Lipinski definition) is 0. The lowest BCUT2D eigenvalue weighted by molar-refractivity contribution is -0.286. The Labute approximate surface area is 157 Å². The lowest BCUT2D eigenvalue weighted by atomic mass is 9.73. The van der Waals surface area contributed by atoms with Crippen LogP contribution in [0.2, 0.25) is 0 Å². The number of allylic oxidation sites excluding steroid dienone is 1. The Kier molecular flexibility index (Phi) is 14.3. The van der Waals surface area contributed by atoms with E-state index in [2.05, 4.69) is 34.6 Å². The van der Waals surface area contributed by atoms with Crippen molar-refractivity contribution in [3.05, 3.63) is 12.3 Å². The van der Waals surface area contributed by atoms with Crippen LogP contribution >= 0.6 is 0 Å². The summed E-state index contributed by atoms with van der Waals surface area (Å²) in [4.78, 5) is 0. The van der Waals surface area contributed by atoms with E-state index in [-0.39, 0.29) is 5.41 Å². The second kappa shape index (κ2) is 14.6. The zero-order valence-corrected chi connectivity index (χ0v) is 17.9. The minimum absolute atomic E-state index is 0.00304. The van der Waals surface area contributed by atoms with Crippen molar-refractivity contribution in [1.82, 2.24) is 0 Å². The molecule has 150 valence electrons. The van der Waals surface area contributed by atoms with E-state index in [1.54, 1.807) is 6.26 Å². The summed E-state index contributed by atoms with van der Waals surface area (Å²) >= 11 is 0. The second-order valence-electron chi connectivity index (χ2n) is 7.33. The fourth-order valence-electron chi connectivity index (χ4n) is 3.53. The highest BCUT2D eigenvalue weighted by Crippen LogP contribution is 2.44. The molecule has 0 heterocycles. The van der Waals surface area contributed by atoms with Gasteiger partial charge in [0.2, 0.25) is 0 Å². The Hall–Kier alpha value is -0.540. The zero-order chi connectivity index (χ0) is 19.0. The van der Waals surface area contributed by atoms with E-state index in [0.29, 0.717) is 13.2 Å². The van der Waals surface area contributed by atoms with E-state index in [9.17, 15) is 0 Å². The summed E-state index contributed by atoms with van der Waals surface area (Å²) < 4.78 is 17.8. The van der Waals surface area contributed by atoms with Crippen LogP contribution in [0.25, 0.3) is 0 Å². The lowest BCUT2D eigenvalue weighted by Gasteiger charge is -2.46. The van der Waals surface area contributed by atoms with E-state index in [1.165, 1.54) is 38.5 Å². The maximum atomic E-state index is 6.13. The predicted octanol–water partition coefficient (Wildman–Crippen LogP) is 6.86. The van der Waals surface area contributed by atoms with Crippen LogP contribution in [0.1, 0.15) is 99.3 Å². The third-order valence-corrected chi connectivity index (χ3v) is 5.24. The topological polar surface area (TPSA) is 27.7 Å². The smallest absolute Gasteiger partial charge is 0.170 e. The highest BCUT2D eigenvalue weighted by atomic mass is 16.7. The molecule has 3 heteroatoms. The average Bonchev–Trinajstić information content (AvgIpc) is 2.58. The highest BCUT2D eigenvalue weighted by molar-refractivity contribution is 4.88. The number of hydrogen-bond acceptors (Lipinski definition) is 3. The van der Waals surface area contributed by atoms with Gasteiger partial charge in [0.1, 0.15) is 0 Å². The van der Waals surface area contributed by atoms with E-state index >= 15 is 0 Å². The van der Waals surface area contributed by atoms with E-state index in [0.717, 1.165) is 25.9 Å². The number of rotatable bonds is 17. The lowest BCUT2D eigenvalue weighted by Crippen LogP contribution is -2.49. The van der Waals surface area contributed by atoms with Crippen molar-refractivity contribution >= 4 is 0 Å². The molecule has 0 bridgehead atoms. The molecule has 0 aromatic heterocycles. The molecule has 0 saturated carbocycles. The van der Waals surface area contributed by atoms with Crippen LogP contribution in [0.5, 0.6) is 0 Å². The Balaban J connectivity index is 4.75. The maximum Gasteiger partial charge on any atom is 0.170 e. The summed E-state index contributed by atoms with van der Waals surface area (Å²) in [6.45, 7) is 14.9. The Morgan fingerprint density at radius 1 is 0.760 bits per heavy atom. The summed E-state index contributed by atoms with van der Waals surface area (Å²) in [5.41, 5.74) is 0.00304. The van der Waals surface area contributed by atoms with Crippen molar-refractivity contribution in [1.29, 1.82) is 0 Å². The van der Waals surface area contributed by atoms with Crippen molar-refractivity contribution in [3.8, 4) is 0 Å². The number of ether oxygens (including phenoxy) is 3. The fraction of sp³-hybridized carbons (Fsp3) is 0.909. The maximum absolute atomic E-state index is 6.13. The quantitative estimate of drug-likeness (QED) is 0.162. The summed E-state index contributed by atoms with van der Waals surface area (Å²) in [7, 11) is 0. The van der Waals surface area contributed by atoms with Crippen LogP contribution < -0.4 is 0 Å². The molecule has 0 spiro atoms. The molecule has 3 nitrogen and oxygen atoms in total. The standard InChI is InChI=1S/C22H44O3/c1-7-11-12-13-14-15-17-21(5,18-16-20-23-19-8-2)22(6,24-9-3)25-10-4/h8,19H,7,9-18,20H2,1-6H3/t21-/m1/s1. The van der Waals surface area contributed by atoms with Crippen molar-refractivity contribution in [2.75, 3.05) is 19.8 Å². The van der Waals surface area contributed by atoms with Gasteiger partial charge in [-0.15, -0.1) is 0 Å². The highest BCUT2D eigenvalue weighted by Gasteiger charge is 2.45. The molecule has 0 aliphatic carbocycles. The average molecular weight is 357 g/mol. The first-order valence-corrected chi connectivity index (χ1v) is 10.5. The monoisotopic (exact) mass is 356 g/mol. The van der Waals surface area contributed by atoms with Gasteiger partial charge in [0.15, 0.2) is 5.79 Å². The van der Waals surface area contributed by atoms with Gasteiger partial charge in [-0.25, -0.2) is 0 Å². The van der Waals surface area contributed by atoms with Crippen molar-refractivity contribution in [2.45, 2.75) is 105 Å². The van der Waals surface area contributed by atoms with Crippen LogP contribution in [0.3, 0.4) is 0 Å². The normalized spacial score (nSPS) is 14.8. The molecule has 0 N–H and O–H groups in total. The molecule has 0 saturated heterocycles. The van der Waals surface area contributed by atoms with Gasteiger partial charge in [-0.1, -0.05) is 58.4 Å². The van der Waals surface area contributed by atoms with Crippen molar-refractivity contribution < 1.29 is 14.2 Å². The summed E-state index contributed by atoms with van der Waals surface area (Å²) in [5.74, 6) is -0.527. The molecule has 25 heavy (non-hydrogen) atoms. The predicted molar refractivity (Wildman–Crippen MR) is 108 cm³/mol. The Bertz CT molecular complexity index is 321. The first-order valence-electron chi connectivity index (χ1n) is 10.5. The first kappa shape index (κ1) is 24.5. The molecule has 1 atom stereocenters. The zero-order valence-electron chi connectivity index (χ0n) is 17.9. The molecule has 0 radical (unpaired) electrons. The SMILES string of the molecule is CC=COCCC[C@@](C)(CCCCCCCC)C(C)(OCC)OCC. The molecule has 0 aromatic carbocycles. The van der Waals surface area contributed by atoms with E-state index < -0.39 is 5.79 Å². The van der Waals surface area contributed by atoms with Crippen LogP contribution in [0.4, 0.5) is 0 Å². The van der Waals surface area contributed by atoms with Crippen LogP contribution in [0, 0.1) is 5.41 Å². The third-order valence-electron chi connectivity index (χ3n) is 5.24. The molecule has 0 aliphatic heterocycles. The molecular weight excluding hydrogens is 312 g/mol. The molecule has 0 unspecified atom stereocenters. The van der Waals surface area contributed by atoms with Gasteiger partial charge in [0.25, 0.3) is 0 Å². The molecular formula is C22H44O3. The Morgan fingerprint density at radius 2 is 1.32 bits per heavy atom. The van der Waals surface area contributed by atoms with Gasteiger partial charge in [-0.3, -0.25) is 0 Å². The van der Waals surface area contributed by atoms with Crippen LogP contribution in [0.15, 0.2) is 12.3 Å². The molecule has 0 aliphatic rings. The van der Waals surface area contributed by atoms with Gasteiger partial charge in [-0.05, 0) is 47.0 Å². The minimum atomic E-state index is -0.527. The third kappa shape index (κ3) is 9.65. The van der Waals surface area contributed by atoms with Gasteiger partial charge >= 0.3 is 0 Å². The van der Waals surface area contributed by atoms with Gasteiger partial charge in [0, 0.05) is 18.6 Å². The van der Waals surface area contributed by atoms with E-state index in [4.69, 9.17) is 14.2 Å². The van der Waals surface area contributed by atoms with Gasteiger partial charge in [-0.2, -0.15) is 0 Å². The molecule has 0 aromatic rings. The van der Waals surface area contributed by atoms with Crippen LogP contribution in [-0.4, -0.2) is 25.6 Å². The fourth-order valence-corrected chi connectivity index (χ4v) is 3.53. The van der Waals surface area contributed by atoms with Crippen molar-refractivity contribution in [2.24, 2.45) is 5.41 Å².